The maximum Gasteiger partial charge on any atom is 0.306 e. The van der Waals surface area contributed by atoms with Crippen molar-refractivity contribution in [2.75, 3.05) is 0 Å². The summed E-state index contributed by atoms with van der Waals surface area (Å²) in [7, 11) is 0. The molecule has 0 saturated heterocycles. The molecule has 16 heavy (non-hydrogen) atoms. The summed E-state index contributed by atoms with van der Waals surface area (Å²) in [4.78, 5) is 11.0. The van der Waals surface area contributed by atoms with Crippen molar-refractivity contribution in [1.82, 2.24) is 0 Å². The summed E-state index contributed by atoms with van der Waals surface area (Å²) in [5.41, 5.74) is 1.79. The monoisotopic (exact) mass is 218 g/mol. The second-order valence-electron chi connectivity index (χ2n) is 3.90. The van der Waals surface area contributed by atoms with Gasteiger partial charge in [0.15, 0.2) is 0 Å². The zero-order chi connectivity index (χ0) is 11.5. The van der Waals surface area contributed by atoms with Crippen LogP contribution in [0.3, 0.4) is 0 Å². The number of furan rings is 1. The molecule has 1 aromatic carbocycles. The first kappa shape index (κ1) is 10.7. The number of hydrogen-bond acceptors (Lipinski definition) is 2. The highest BCUT2D eigenvalue weighted by Gasteiger charge is 2.17. The Labute approximate surface area is 93.7 Å². The van der Waals surface area contributed by atoms with E-state index in [1.807, 2.05) is 31.2 Å². The minimum Gasteiger partial charge on any atom is -0.481 e. The average Bonchev–Trinajstić information content (AvgIpc) is 2.69. The van der Waals surface area contributed by atoms with Gasteiger partial charge in [-0.1, -0.05) is 25.1 Å². The summed E-state index contributed by atoms with van der Waals surface area (Å²) in [6.45, 7) is 1.89. The molecule has 1 aromatic heterocycles. The number of carboxylic acid groups (broad SMARTS) is 1. The number of benzene rings is 1. The molecule has 3 nitrogen and oxygen atoms in total. The highest BCUT2D eigenvalue weighted by molar-refractivity contribution is 5.81. The third kappa shape index (κ3) is 1.94. The lowest BCUT2D eigenvalue weighted by molar-refractivity contribution is -0.141. The predicted molar refractivity (Wildman–Crippen MR) is 61.3 cm³/mol. The van der Waals surface area contributed by atoms with E-state index >= 15 is 0 Å². The van der Waals surface area contributed by atoms with Gasteiger partial charge in [0.05, 0.1) is 12.2 Å². The first-order valence-corrected chi connectivity index (χ1v) is 5.40. The van der Waals surface area contributed by atoms with E-state index in [2.05, 4.69) is 0 Å². The van der Waals surface area contributed by atoms with Crippen molar-refractivity contribution in [3.8, 4) is 0 Å². The van der Waals surface area contributed by atoms with E-state index in [-0.39, 0.29) is 5.92 Å². The fourth-order valence-electron chi connectivity index (χ4n) is 1.86. The minimum atomic E-state index is -0.743. The van der Waals surface area contributed by atoms with Crippen molar-refractivity contribution in [2.24, 2.45) is 5.92 Å². The molecule has 0 saturated carbocycles. The minimum absolute atomic E-state index is 0.332. The molecule has 0 bridgehead atoms. The Balaban J connectivity index is 2.30. The molecule has 2 rings (SSSR count). The van der Waals surface area contributed by atoms with E-state index in [0.29, 0.717) is 12.8 Å². The fraction of sp³-hybridized carbons (Fsp3) is 0.308. The Hall–Kier alpha value is -1.77. The van der Waals surface area contributed by atoms with Gasteiger partial charge in [0.1, 0.15) is 5.58 Å². The van der Waals surface area contributed by atoms with E-state index in [4.69, 9.17) is 9.52 Å². The molecule has 1 atom stereocenters. The summed E-state index contributed by atoms with van der Waals surface area (Å²) >= 11 is 0. The van der Waals surface area contributed by atoms with Gasteiger partial charge in [-0.25, -0.2) is 0 Å². The van der Waals surface area contributed by atoms with Crippen molar-refractivity contribution in [3.63, 3.8) is 0 Å². The molecule has 84 valence electrons. The van der Waals surface area contributed by atoms with Gasteiger partial charge < -0.3 is 9.52 Å². The van der Waals surface area contributed by atoms with Crippen LogP contribution in [0, 0.1) is 5.92 Å². The number of hydrogen-bond donors (Lipinski definition) is 1. The van der Waals surface area contributed by atoms with Crippen LogP contribution >= 0.6 is 0 Å². The quantitative estimate of drug-likeness (QED) is 0.857. The molecule has 1 unspecified atom stereocenters. The second-order valence-corrected chi connectivity index (χ2v) is 3.90. The molecule has 3 heteroatoms. The Morgan fingerprint density at radius 3 is 2.88 bits per heavy atom. The molecule has 0 fully saturated rings. The first-order valence-electron chi connectivity index (χ1n) is 5.40. The SMILES string of the molecule is CCC(Cc1coc2ccccc12)C(=O)O. The lowest BCUT2D eigenvalue weighted by Gasteiger charge is -2.07. The zero-order valence-electron chi connectivity index (χ0n) is 9.14. The molecule has 0 amide bonds. The molecular weight excluding hydrogens is 204 g/mol. The molecule has 0 radical (unpaired) electrons. The molecule has 0 aliphatic carbocycles. The van der Waals surface area contributed by atoms with Gasteiger partial charge in [0, 0.05) is 5.39 Å². The Kier molecular flexibility index (Phi) is 2.95. The van der Waals surface area contributed by atoms with Crippen LogP contribution in [0.1, 0.15) is 18.9 Å². The first-order chi connectivity index (χ1) is 7.72. The van der Waals surface area contributed by atoms with Crippen molar-refractivity contribution in [2.45, 2.75) is 19.8 Å². The smallest absolute Gasteiger partial charge is 0.306 e. The summed E-state index contributed by atoms with van der Waals surface area (Å²) < 4.78 is 5.38. The van der Waals surface area contributed by atoms with Crippen LogP contribution in [0.2, 0.25) is 0 Å². The van der Waals surface area contributed by atoms with Crippen LogP contribution in [0.15, 0.2) is 34.9 Å². The number of rotatable bonds is 4. The predicted octanol–water partition coefficient (Wildman–Crippen LogP) is 3.09. The van der Waals surface area contributed by atoms with Crippen molar-refractivity contribution in [3.05, 3.63) is 36.1 Å². The Bertz CT molecular complexity index is 499. The summed E-state index contributed by atoms with van der Waals surface area (Å²) in [5.74, 6) is -1.08. The van der Waals surface area contributed by atoms with Crippen LogP contribution in [0.5, 0.6) is 0 Å². The molecule has 1 N–H and O–H groups in total. The number of fused-ring (bicyclic) bond motifs is 1. The number of para-hydroxylation sites is 1. The van der Waals surface area contributed by atoms with E-state index in [1.54, 1.807) is 6.26 Å². The number of aliphatic carboxylic acids is 1. The van der Waals surface area contributed by atoms with Crippen molar-refractivity contribution >= 4 is 16.9 Å². The van der Waals surface area contributed by atoms with Crippen LogP contribution in [0.25, 0.3) is 11.0 Å². The van der Waals surface area contributed by atoms with Gasteiger partial charge in [-0.05, 0) is 24.5 Å². The molecular formula is C13H14O3. The lowest BCUT2D eigenvalue weighted by Crippen LogP contribution is -2.15. The highest BCUT2D eigenvalue weighted by Crippen LogP contribution is 2.24. The highest BCUT2D eigenvalue weighted by atomic mass is 16.4. The number of carbonyl (C=O) groups is 1. The van der Waals surface area contributed by atoms with Gasteiger partial charge in [0.25, 0.3) is 0 Å². The van der Waals surface area contributed by atoms with Crippen LogP contribution in [-0.4, -0.2) is 11.1 Å². The normalized spacial score (nSPS) is 12.8. The van der Waals surface area contributed by atoms with Crippen molar-refractivity contribution < 1.29 is 14.3 Å². The fourth-order valence-corrected chi connectivity index (χ4v) is 1.86. The Morgan fingerprint density at radius 2 is 2.19 bits per heavy atom. The molecule has 0 spiro atoms. The van der Waals surface area contributed by atoms with Crippen LogP contribution < -0.4 is 0 Å². The third-order valence-electron chi connectivity index (χ3n) is 2.87. The largest absolute Gasteiger partial charge is 0.481 e. The van der Waals surface area contributed by atoms with Gasteiger partial charge >= 0.3 is 5.97 Å². The lowest BCUT2D eigenvalue weighted by atomic mass is 9.97. The second kappa shape index (κ2) is 4.39. The van der Waals surface area contributed by atoms with Gasteiger partial charge in [0.2, 0.25) is 0 Å². The molecule has 2 aromatic rings. The van der Waals surface area contributed by atoms with Gasteiger partial charge in [-0.2, -0.15) is 0 Å². The summed E-state index contributed by atoms with van der Waals surface area (Å²) in [6, 6.07) is 7.69. The maximum absolute atomic E-state index is 11.0. The average molecular weight is 218 g/mol. The molecule has 1 heterocycles. The third-order valence-corrected chi connectivity index (χ3v) is 2.87. The zero-order valence-corrected chi connectivity index (χ0v) is 9.14. The summed E-state index contributed by atoms with van der Waals surface area (Å²) in [6.07, 6.45) is 2.83. The van der Waals surface area contributed by atoms with Crippen molar-refractivity contribution in [1.29, 1.82) is 0 Å². The Morgan fingerprint density at radius 1 is 1.44 bits per heavy atom. The van der Waals surface area contributed by atoms with Gasteiger partial charge in [-0.3, -0.25) is 4.79 Å². The van der Waals surface area contributed by atoms with Crippen LogP contribution in [0.4, 0.5) is 0 Å². The van der Waals surface area contributed by atoms with Gasteiger partial charge in [-0.15, -0.1) is 0 Å². The maximum atomic E-state index is 11.0. The van der Waals surface area contributed by atoms with E-state index in [1.165, 1.54) is 0 Å². The van der Waals surface area contributed by atoms with Crippen LogP contribution in [-0.2, 0) is 11.2 Å². The summed E-state index contributed by atoms with van der Waals surface area (Å²) in [5, 5.41) is 10.0. The van der Waals surface area contributed by atoms with E-state index < -0.39 is 5.97 Å². The molecule has 0 aliphatic rings. The topological polar surface area (TPSA) is 50.4 Å². The van der Waals surface area contributed by atoms with E-state index in [9.17, 15) is 4.79 Å². The standard InChI is InChI=1S/C13H14O3/c1-2-9(13(14)15)7-10-8-16-12-6-4-3-5-11(10)12/h3-6,8-9H,2,7H2,1H3,(H,14,15). The van der Waals surface area contributed by atoms with E-state index in [0.717, 1.165) is 16.5 Å². The number of carboxylic acids is 1. The molecule has 0 aliphatic heterocycles.